The van der Waals surface area contributed by atoms with Gasteiger partial charge in [0, 0.05) is 5.92 Å². The van der Waals surface area contributed by atoms with E-state index in [0.29, 0.717) is 12.5 Å². The Kier molecular flexibility index (Phi) is 3.16. The lowest BCUT2D eigenvalue weighted by Crippen LogP contribution is -2.00. The first-order valence-corrected chi connectivity index (χ1v) is 6.94. The third kappa shape index (κ3) is 2.44. The Morgan fingerprint density at radius 3 is 2.74 bits per heavy atom. The van der Waals surface area contributed by atoms with Gasteiger partial charge in [0.15, 0.2) is 10.8 Å². The number of nitrogens with zero attached hydrogens (tertiary/aromatic N) is 4. The van der Waals surface area contributed by atoms with Crippen molar-refractivity contribution in [3.8, 4) is 5.75 Å². The van der Waals surface area contributed by atoms with Crippen LogP contribution in [0.1, 0.15) is 30.6 Å². The summed E-state index contributed by atoms with van der Waals surface area (Å²) in [5.41, 5.74) is 0. The van der Waals surface area contributed by atoms with Crippen molar-refractivity contribution >= 4 is 16.3 Å². The number of aromatic nitrogens is 4. The van der Waals surface area contributed by atoms with Gasteiger partial charge in [-0.05, 0) is 12.1 Å². The topological polar surface area (TPSA) is 52.3 Å². The molecule has 0 saturated heterocycles. The minimum absolute atomic E-state index is 0.306. The van der Waals surface area contributed by atoms with Gasteiger partial charge in [-0.2, -0.15) is 9.61 Å². The maximum atomic E-state index is 5.68. The zero-order chi connectivity index (χ0) is 13.2. The lowest BCUT2D eigenvalue weighted by atomic mass is 10.2. The van der Waals surface area contributed by atoms with Crippen molar-refractivity contribution < 1.29 is 4.74 Å². The number of ether oxygens (including phenoxy) is 1. The quantitative estimate of drug-likeness (QED) is 0.734. The van der Waals surface area contributed by atoms with E-state index in [9.17, 15) is 0 Å². The molecule has 0 radical (unpaired) electrons. The van der Waals surface area contributed by atoms with Crippen molar-refractivity contribution in [2.45, 2.75) is 26.4 Å². The molecule has 5 nitrogen and oxygen atoms in total. The predicted molar refractivity (Wildman–Crippen MR) is 73.5 cm³/mol. The second-order valence-electron chi connectivity index (χ2n) is 4.50. The van der Waals surface area contributed by atoms with Crippen LogP contribution in [0.3, 0.4) is 0 Å². The summed E-state index contributed by atoms with van der Waals surface area (Å²) >= 11 is 1.51. The number of para-hydroxylation sites is 1. The molecule has 0 atom stereocenters. The molecule has 3 rings (SSSR count). The molecule has 2 heterocycles. The SMILES string of the molecule is CC(C)c1nnc2sc(COc3ccccc3)nn12. The summed E-state index contributed by atoms with van der Waals surface area (Å²) in [7, 11) is 0. The maximum absolute atomic E-state index is 5.68. The van der Waals surface area contributed by atoms with Gasteiger partial charge in [-0.25, -0.2) is 0 Å². The van der Waals surface area contributed by atoms with Crippen LogP contribution in [0, 0.1) is 0 Å². The van der Waals surface area contributed by atoms with Crippen LogP contribution in [-0.2, 0) is 6.61 Å². The van der Waals surface area contributed by atoms with E-state index in [4.69, 9.17) is 4.74 Å². The number of hydrogen-bond donors (Lipinski definition) is 0. The van der Waals surface area contributed by atoms with Crippen molar-refractivity contribution in [1.82, 2.24) is 19.8 Å². The second-order valence-corrected chi connectivity index (χ2v) is 5.55. The van der Waals surface area contributed by atoms with Crippen LogP contribution in [0.25, 0.3) is 4.96 Å². The molecule has 19 heavy (non-hydrogen) atoms. The highest BCUT2D eigenvalue weighted by Gasteiger charge is 2.14. The van der Waals surface area contributed by atoms with Crippen molar-refractivity contribution in [1.29, 1.82) is 0 Å². The van der Waals surface area contributed by atoms with E-state index in [2.05, 4.69) is 29.1 Å². The van der Waals surface area contributed by atoms with Crippen LogP contribution < -0.4 is 4.74 Å². The van der Waals surface area contributed by atoms with E-state index in [1.54, 1.807) is 4.52 Å². The van der Waals surface area contributed by atoms with Gasteiger partial charge in [-0.3, -0.25) is 0 Å². The monoisotopic (exact) mass is 274 g/mol. The van der Waals surface area contributed by atoms with Crippen molar-refractivity contribution in [2.75, 3.05) is 0 Å². The summed E-state index contributed by atoms with van der Waals surface area (Å²) in [6.45, 7) is 4.61. The van der Waals surface area contributed by atoms with Gasteiger partial charge in [0.2, 0.25) is 4.96 Å². The molecule has 2 aromatic heterocycles. The maximum Gasteiger partial charge on any atom is 0.234 e. The molecule has 0 amide bonds. The molecule has 0 fully saturated rings. The van der Waals surface area contributed by atoms with Gasteiger partial charge in [-0.1, -0.05) is 43.4 Å². The van der Waals surface area contributed by atoms with Gasteiger partial charge >= 0.3 is 0 Å². The second kappa shape index (κ2) is 4.97. The molecule has 0 aliphatic rings. The highest BCUT2D eigenvalue weighted by molar-refractivity contribution is 7.16. The predicted octanol–water partition coefficient (Wildman–Crippen LogP) is 2.89. The molecule has 0 N–H and O–H groups in total. The first-order valence-electron chi connectivity index (χ1n) is 6.13. The smallest absolute Gasteiger partial charge is 0.234 e. The summed E-state index contributed by atoms with van der Waals surface area (Å²) in [4.78, 5) is 0.815. The van der Waals surface area contributed by atoms with Crippen LogP contribution in [-0.4, -0.2) is 19.8 Å². The summed E-state index contributed by atoms with van der Waals surface area (Å²) in [6.07, 6.45) is 0. The first kappa shape index (κ1) is 12.1. The lowest BCUT2D eigenvalue weighted by molar-refractivity contribution is 0.304. The number of fused-ring (bicyclic) bond motifs is 1. The summed E-state index contributed by atoms with van der Waals surface area (Å²) in [6, 6.07) is 9.72. The van der Waals surface area contributed by atoms with Crippen molar-refractivity contribution in [3.05, 3.63) is 41.2 Å². The average molecular weight is 274 g/mol. The average Bonchev–Trinajstić information content (AvgIpc) is 2.96. The molecule has 0 saturated carbocycles. The highest BCUT2D eigenvalue weighted by atomic mass is 32.1. The molecule has 0 unspecified atom stereocenters. The van der Waals surface area contributed by atoms with Gasteiger partial charge in [0.25, 0.3) is 0 Å². The Morgan fingerprint density at radius 2 is 2.00 bits per heavy atom. The molecule has 6 heteroatoms. The van der Waals surface area contributed by atoms with Crippen molar-refractivity contribution in [3.63, 3.8) is 0 Å². The third-order valence-electron chi connectivity index (χ3n) is 2.68. The van der Waals surface area contributed by atoms with E-state index < -0.39 is 0 Å². The number of rotatable bonds is 4. The molecule has 98 valence electrons. The molecule has 0 bridgehead atoms. The largest absolute Gasteiger partial charge is 0.486 e. The fourth-order valence-corrected chi connectivity index (χ4v) is 2.51. The third-order valence-corrected chi connectivity index (χ3v) is 3.55. The van der Waals surface area contributed by atoms with Gasteiger partial charge in [-0.15, -0.1) is 10.2 Å². The van der Waals surface area contributed by atoms with E-state index in [1.807, 2.05) is 30.3 Å². The Morgan fingerprint density at radius 1 is 1.21 bits per heavy atom. The van der Waals surface area contributed by atoms with Gasteiger partial charge in [0.05, 0.1) is 0 Å². The summed E-state index contributed by atoms with van der Waals surface area (Å²) < 4.78 is 7.48. The standard InChI is InChI=1S/C13H14N4OS/c1-9(2)12-14-15-13-17(12)16-11(19-13)8-18-10-6-4-3-5-7-10/h3-7,9H,8H2,1-2H3. The van der Waals surface area contributed by atoms with Gasteiger partial charge < -0.3 is 4.74 Å². The van der Waals surface area contributed by atoms with E-state index in [-0.39, 0.29) is 0 Å². The zero-order valence-electron chi connectivity index (χ0n) is 10.8. The Balaban J connectivity index is 1.79. The first-order chi connectivity index (χ1) is 9.24. The fraction of sp³-hybridized carbons (Fsp3) is 0.308. The van der Waals surface area contributed by atoms with E-state index in [0.717, 1.165) is 21.5 Å². The van der Waals surface area contributed by atoms with Crippen LogP contribution in [0.5, 0.6) is 5.75 Å². The Hall–Kier alpha value is -1.95. The minimum Gasteiger partial charge on any atom is -0.486 e. The van der Waals surface area contributed by atoms with E-state index in [1.165, 1.54) is 11.3 Å². The number of benzene rings is 1. The highest BCUT2D eigenvalue weighted by Crippen LogP contribution is 2.20. The van der Waals surface area contributed by atoms with Crippen LogP contribution in [0.4, 0.5) is 0 Å². The van der Waals surface area contributed by atoms with Crippen LogP contribution in [0.2, 0.25) is 0 Å². The molecule has 0 aliphatic carbocycles. The molecular weight excluding hydrogens is 260 g/mol. The molecule has 0 spiro atoms. The summed E-state index contributed by atoms with van der Waals surface area (Å²) in [5, 5.41) is 13.7. The van der Waals surface area contributed by atoms with Crippen molar-refractivity contribution in [2.24, 2.45) is 0 Å². The minimum atomic E-state index is 0.306. The normalized spacial score (nSPS) is 11.3. The Bertz CT molecular complexity index is 674. The lowest BCUT2D eigenvalue weighted by Gasteiger charge is -2.02. The fourth-order valence-electron chi connectivity index (χ4n) is 1.75. The molecule has 0 aliphatic heterocycles. The number of hydrogen-bond acceptors (Lipinski definition) is 5. The van der Waals surface area contributed by atoms with Crippen LogP contribution in [0.15, 0.2) is 30.3 Å². The molecule has 3 aromatic rings. The Labute approximate surface area is 114 Å². The van der Waals surface area contributed by atoms with E-state index >= 15 is 0 Å². The zero-order valence-corrected chi connectivity index (χ0v) is 11.6. The molecule has 1 aromatic carbocycles. The van der Waals surface area contributed by atoms with Crippen LogP contribution >= 0.6 is 11.3 Å². The van der Waals surface area contributed by atoms with Gasteiger partial charge in [0.1, 0.15) is 12.4 Å². The molecular formula is C13H14N4OS. The summed E-state index contributed by atoms with van der Waals surface area (Å²) in [5.74, 6) is 2.04.